The molecule has 1 aliphatic rings. The number of hydrogen-bond donors (Lipinski definition) is 1. The van der Waals surface area contributed by atoms with Crippen LogP contribution in [-0.4, -0.2) is 48.2 Å². The standard InChI is InChI=1S/C21H24FN3O3S/c1-14-18-12-19(20(26)23-9-3-10-27-13-17-4-2-11-28-17)29-21(18)25(24-14)16-7-5-15(22)6-8-16/h5-8,12,17H,2-4,9-11,13H2,1H3,(H,23,26). The first-order chi connectivity index (χ1) is 14.1. The largest absolute Gasteiger partial charge is 0.379 e. The van der Waals surface area contributed by atoms with E-state index in [-0.39, 0.29) is 17.8 Å². The van der Waals surface area contributed by atoms with Crippen molar-refractivity contribution < 1.29 is 18.7 Å². The third kappa shape index (κ3) is 4.66. The molecule has 1 aliphatic heterocycles. The molecule has 1 atom stereocenters. The van der Waals surface area contributed by atoms with Gasteiger partial charge in [-0.2, -0.15) is 5.10 Å². The van der Waals surface area contributed by atoms with Crippen LogP contribution in [0.25, 0.3) is 15.9 Å². The Bertz CT molecular complexity index is 977. The second kappa shape index (κ2) is 9.02. The van der Waals surface area contributed by atoms with Gasteiger partial charge in [-0.15, -0.1) is 11.3 Å². The number of carbonyl (C=O) groups excluding carboxylic acids is 1. The molecule has 1 aromatic carbocycles. The van der Waals surface area contributed by atoms with Crippen LogP contribution in [0.15, 0.2) is 30.3 Å². The molecular formula is C21H24FN3O3S. The van der Waals surface area contributed by atoms with Crippen LogP contribution >= 0.6 is 11.3 Å². The van der Waals surface area contributed by atoms with E-state index in [1.165, 1.54) is 23.5 Å². The number of carbonyl (C=O) groups is 1. The Kier molecular flexibility index (Phi) is 6.22. The zero-order chi connectivity index (χ0) is 20.2. The van der Waals surface area contributed by atoms with E-state index in [1.54, 1.807) is 16.8 Å². The lowest BCUT2D eigenvalue weighted by molar-refractivity contribution is 0.0166. The van der Waals surface area contributed by atoms with E-state index in [4.69, 9.17) is 9.47 Å². The number of hydrogen-bond acceptors (Lipinski definition) is 5. The van der Waals surface area contributed by atoms with Gasteiger partial charge < -0.3 is 14.8 Å². The molecule has 8 heteroatoms. The van der Waals surface area contributed by atoms with Crippen LogP contribution in [0.3, 0.4) is 0 Å². The van der Waals surface area contributed by atoms with Crippen LogP contribution in [0.2, 0.25) is 0 Å². The highest BCUT2D eigenvalue weighted by atomic mass is 32.1. The second-order valence-electron chi connectivity index (χ2n) is 7.12. The fourth-order valence-electron chi connectivity index (χ4n) is 3.37. The smallest absolute Gasteiger partial charge is 0.261 e. The molecule has 4 rings (SSSR count). The van der Waals surface area contributed by atoms with Crippen LogP contribution in [0.5, 0.6) is 0 Å². The number of rotatable bonds is 8. The molecule has 0 spiro atoms. The number of ether oxygens (including phenoxy) is 2. The molecule has 3 aromatic rings. The third-order valence-corrected chi connectivity index (χ3v) is 6.03. The SMILES string of the molecule is Cc1nn(-c2ccc(F)cc2)c2sc(C(=O)NCCCOCC3CCCO3)cc12. The van der Waals surface area contributed by atoms with Crippen molar-refractivity contribution in [2.75, 3.05) is 26.4 Å². The number of thiophene rings is 1. The first kappa shape index (κ1) is 20.0. The number of aromatic nitrogens is 2. The van der Waals surface area contributed by atoms with Crippen LogP contribution in [0, 0.1) is 12.7 Å². The van der Waals surface area contributed by atoms with Gasteiger partial charge in [0.05, 0.1) is 29.0 Å². The van der Waals surface area contributed by atoms with Gasteiger partial charge in [-0.25, -0.2) is 9.07 Å². The highest BCUT2D eigenvalue weighted by Crippen LogP contribution is 2.30. The Morgan fingerprint density at radius 3 is 3.00 bits per heavy atom. The second-order valence-corrected chi connectivity index (χ2v) is 8.15. The zero-order valence-electron chi connectivity index (χ0n) is 16.3. The number of aryl methyl sites for hydroxylation is 1. The predicted octanol–water partition coefficient (Wildman–Crippen LogP) is 3.85. The van der Waals surface area contributed by atoms with E-state index in [0.29, 0.717) is 24.6 Å². The molecule has 1 saturated heterocycles. The Morgan fingerprint density at radius 2 is 2.24 bits per heavy atom. The van der Waals surface area contributed by atoms with Crippen molar-refractivity contribution in [3.63, 3.8) is 0 Å². The summed E-state index contributed by atoms with van der Waals surface area (Å²) in [5, 5.41) is 8.40. The number of nitrogens with one attached hydrogen (secondary N) is 1. The van der Waals surface area contributed by atoms with Crippen molar-refractivity contribution in [1.29, 1.82) is 0 Å². The van der Waals surface area contributed by atoms with Crippen molar-refractivity contribution in [2.24, 2.45) is 0 Å². The molecule has 6 nitrogen and oxygen atoms in total. The van der Waals surface area contributed by atoms with Crippen molar-refractivity contribution >= 4 is 27.5 Å². The minimum Gasteiger partial charge on any atom is -0.379 e. The summed E-state index contributed by atoms with van der Waals surface area (Å²) in [5.74, 6) is -0.393. The van der Waals surface area contributed by atoms with Gasteiger partial charge in [0.2, 0.25) is 0 Å². The quantitative estimate of drug-likeness (QED) is 0.566. The van der Waals surface area contributed by atoms with Gasteiger partial charge in [0, 0.05) is 25.1 Å². The lowest BCUT2D eigenvalue weighted by atomic mass is 10.2. The van der Waals surface area contributed by atoms with Crippen molar-refractivity contribution in [2.45, 2.75) is 32.3 Å². The number of amides is 1. The lowest BCUT2D eigenvalue weighted by Crippen LogP contribution is -2.25. The minimum absolute atomic E-state index is 0.101. The summed E-state index contributed by atoms with van der Waals surface area (Å²) >= 11 is 1.38. The molecule has 0 radical (unpaired) electrons. The van der Waals surface area contributed by atoms with Gasteiger partial charge in [-0.3, -0.25) is 4.79 Å². The van der Waals surface area contributed by atoms with E-state index < -0.39 is 0 Å². The van der Waals surface area contributed by atoms with Crippen molar-refractivity contribution in [1.82, 2.24) is 15.1 Å². The summed E-state index contributed by atoms with van der Waals surface area (Å²) in [5.41, 5.74) is 1.60. The van der Waals surface area contributed by atoms with Gasteiger partial charge in [0.1, 0.15) is 10.6 Å². The monoisotopic (exact) mass is 417 g/mol. The summed E-state index contributed by atoms with van der Waals surface area (Å²) in [6.45, 7) is 4.52. The average Bonchev–Trinajstić information content (AvgIpc) is 3.44. The molecule has 0 bridgehead atoms. The molecule has 3 heterocycles. The predicted molar refractivity (Wildman–Crippen MR) is 110 cm³/mol. The van der Waals surface area contributed by atoms with Gasteiger partial charge in [0.25, 0.3) is 5.91 Å². The topological polar surface area (TPSA) is 65.4 Å². The summed E-state index contributed by atoms with van der Waals surface area (Å²) in [7, 11) is 0. The molecule has 1 amide bonds. The van der Waals surface area contributed by atoms with Crippen LogP contribution in [0.4, 0.5) is 4.39 Å². The fraction of sp³-hybridized carbons (Fsp3) is 0.429. The zero-order valence-corrected chi connectivity index (χ0v) is 17.1. The molecule has 154 valence electrons. The number of nitrogens with zero attached hydrogens (tertiary/aromatic N) is 2. The molecular weight excluding hydrogens is 393 g/mol. The van der Waals surface area contributed by atoms with Gasteiger partial charge >= 0.3 is 0 Å². The summed E-state index contributed by atoms with van der Waals surface area (Å²) < 4.78 is 26.1. The highest BCUT2D eigenvalue weighted by Gasteiger charge is 2.17. The minimum atomic E-state index is -0.292. The first-order valence-corrected chi connectivity index (χ1v) is 10.7. The summed E-state index contributed by atoms with van der Waals surface area (Å²) in [4.78, 5) is 14.0. The van der Waals surface area contributed by atoms with Crippen LogP contribution in [-0.2, 0) is 9.47 Å². The van der Waals surface area contributed by atoms with E-state index in [0.717, 1.165) is 47.5 Å². The third-order valence-electron chi connectivity index (χ3n) is 4.92. The molecule has 2 aromatic heterocycles. The maximum absolute atomic E-state index is 13.2. The molecule has 0 aliphatic carbocycles. The molecule has 29 heavy (non-hydrogen) atoms. The average molecular weight is 418 g/mol. The van der Waals surface area contributed by atoms with Gasteiger partial charge in [-0.1, -0.05) is 0 Å². The van der Waals surface area contributed by atoms with Crippen LogP contribution < -0.4 is 5.32 Å². The Morgan fingerprint density at radius 1 is 1.41 bits per heavy atom. The van der Waals surface area contributed by atoms with E-state index in [2.05, 4.69) is 10.4 Å². The summed E-state index contributed by atoms with van der Waals surface area (Å²) in [6, 6.07) is 8.03. The normalized spacial score (nSPS) is 16.6. The van der Waals surface area contributed by atoms with E-state index >= 15 is 0 Å². The van der Waals surface area contributed by atoms with E-state index in [1.807, 2.05) is 13.0 Å². The van der Waals surface area contributed by atoms with Crippen molar-refractivity contribution in [3.05, 3.63) is 46.7 Å². The maximum Gasteiger partial charge on any atom is 0.261 e. The molecule has 1 N–H and O–H groups in total. The number of benzene rings is 1. The Labute approximate surface area is 172 Å². The van der Waals surface area contributed by atoms with Crippen molar-refractivity contribution in [3.8, 4) is 5.69 Å². The highest BCUT2D eigenvalue weighted by molar-refractivity contribution is 7.20. The molecule has 1 fully saturated rings. The number of fused-ring (bicyclic) bond motifs is 1. The maximum atomic E-state index is 13.2. The Hall–Kier alpha value is -2.29. The fourth-order valence-corrected chi connectivity index (χ4v) is 4.47. The molecule has 0 saturated carbocycles. The summed E-state index contributed by atoms with van der Waals surface area (Å²) in [6.07, 6.45) is 3.16. The van der Waals surface area contributed by atoms with Gasteiger partial charge in [0.15, 0.2) is 0 Å². The Balaban J connectivity index is 1.33. The van der Waals surface area contributed by atoms with Crippen LogP contribution in [0.1, 0.15) is 34.6 Å². The molecule has 1 unspecified atom stereocenters. The number of halogens is 1. The first-order valence-electron chi connectivity index (χ1n) is 9.84. The van der Waals surface area contributed by atoms with E-state index in [9.17, 15) is 9.18 Å². The lowest BCUT2D eigenvalue weighted by Gasteiger charge is -2.10. The van der Waals surface area contributed by atoms with Gasteiger partial charge in [-0.05, 0) is 56.5 Å².